The molecular formula is C15H19BrN2OS. The fourth-order valence-corrected chi connectivity index (χ4v) is 3.53. The molecule has 0 unspecified atom stereocenters. The van der Waals surface area contributed by atoms with E-state index in [2.05, 4.69) is 52.2 Å². The van der Waals surface area contributed by atoms with Crippen molar-refractivity contribution in [1.82, 2.24) is 10.3 Å². The van der Waals surface area contributed by atoms with E-state index < -0.39 is 0 Å². The van der Waals surface area contributed by atoms with Crippen LogP contribution in [-0.2, 0) is 13.2 Å². The van der Waals surface area contributed by atoms with Crippen molar-refractivity contribution in [2.75, 3.05) is 7.05 Å². The van der Waals surface area contributed by atoms with Crippen molar-refractivity contribution < 1.29 is 4.74 Å². The second-order valence-electron chi connectivity index (χ2n) is 4.78. The van der Waals surface area contributed by atoms with Crippen molar-refractivity contribution in [3.05, 3.63) is 43.3 Å². The summed E-state index contributed by atoms with van der Waals surface area (Å²) in [7, 11) is 1.94. The summed E-state index contributed by atoms with van der Waals surface area (Å²) in [6.07, 6.45) is 0. The first-order valence-corrected chi connectivity index (χ1v) is 8.11. The Morgan fingerprint density at radius 1 is 1.30 bits per heavy atom. The molecule has 0 radical (unpaired) electrons. The maximum absolute atomic E-state index is 6.02. The molecule has 0 saturated heterocycles. The van der Waals surface area contributed by atoms with Crippen LogP contribution in [0.25, 0.3) is 0 Å². The number of nitrogens with zero attached hydrogens (tertiary/aromatic N) is 1. The summed E-state index contributed by atoms with van der Waals surface area (Å²) >= 11 is 5.23. The molecule has 5 heteroatoms. The van der Waals surface area contributed by atoms with Gasteiger partial charge < -0.3 is 10.1 Å². The zero-order valence-corrected chi connectivity index (χ0v) is 14.6. The predicted molar refractivity (Wildman–Crippen MR) is 87.6 cm³/mol. The number of rotatable bonds is 5. The molecule has 0 saturated carbocycles. The summed E-state index contributed by atoms with van der Waals surface area (Å²) < 4.78 is 7.09. The van der Waals surface area contributed by atoms with E-state index in [1.165, 1.54) is 4.88 Å². The van der Waals surface area contributed by atoms with Crippen molar-refractivity contribution in [2.45, 2.75) is 33.9 Å². The van der Waals surface area contributed by atoms with Crippen LogP contribution >= 0.6 is 27.3 Å². The van der Waals surface area contributed by atoms with Crippen LogP contribution in [0.1, 0.15) is 26.7 Å². The highest BCUT2D eigenvalue weighted by Gasteiger charge is 2.11. The van der Waals surface area contributed by atoms with Crippen molar-refractivity contribution >= 4 is 27.3 Å². The minimum absolute atomic E-state index is 0.526. The third-order valence-electron chi connectivity index (χ3n) is 3.10. The quantitative estimate of drug-likeness (QED) is 0.876. The van der Waals surface area contributed by atoms with Gasteiger partial charge in [-0.15, -0.1) is 11.3 Å². The predicted octanol–water partition coefficient (Wildman–Crippen LogP) is 4.13. The Bertz CT molecular complexity index is 591. The summed E-state index contributed by atoms with van der Waals surface area (Å²) in [6.45, 7) is 7.50. The third-order valence-corrected chi connectivity index (χ3v) is 4.60. The van der Waals surface area contributed by atoms with Gasteiger partial charge in [0, 0.05) is 21.5 Å². The highest BCUT2D eigenvalue weighted by molar-refractivity contribution is 9.10. The molecule has 3 nitrogen and oxygen atoms in total. The van der Waals surface area contributed by atoms with Gasteiger partial charge in [-0.25, -0.2) is 4.98 Å². The zero-order chi connectivity index (χ0) is 14.7. The van der Waals surface area contributed by atoms with Gasteiger partial charge in [-0.1, -0.05) is 15.9 Å². The number of benzene rings is 1. The number of hydrogen-bond acceptors (Lipinski definition) is 4. The van der Waals surface area contributed by atoms with E-state index in [1.54, 1.807) is 11.3 Å². The van der Waals surface area contributed by atoms with Gasteiger partial charge in [0.2, 0.25) is 0 Å². The molecule has 1 aromatic carbocycles. The molecule has 0 bridgehead atoms. The number of ether oxygens (including phenoxy) is 1. The molecule has 1 heterocycles. The molecule has 108 valence electrons. The van der Waals surface area contributed by atoms with E-state index in [4.69, 9.17) is 4.74 Å². The minimum Gasteiger partial charge on any atom is -0.486 e. The van der Waals surface area contributed by atoms with Crippen LogP contribution in [0.3, 0.4) is 0 Å². The molecule has 0 amide bonds. The van der Waals surface area contributed by atoms with E-state index in [0.717, 1.165) is 38.6 Å². The molecule has 0 aliphatic carbocycles. The lowest BCUT2D eigenvalue weighted by molar-refractivity contribution is 0.299. The van der Waals surface area contributed by atoms with Gasteiger partial charge in [0.05, 0.1) is 5.69 Å². The van der Waals surface area contributed by atoms with E-state index in [1.807, 2.05) is 14.0 Å². The van der Waals surface area contributed by atoms with Crippen molar-refractivity contribution in [3.63, 3.8) is 0 Å². The summed E-state index contributed by atoms with van der Waals surface area (Å²) in [5, 5.41) is 4.20. The lowest BCUT2D eigenvalue weighted by Crippen LogP contribution is -2.08. The van der Waals surface area contributed by atoms with E-state index in [0.29, 0.717) is 6.61 Å². The number of aryl methyl sites for hydroxylation is 3. The lowest BCUT2D eigenvalue weighted by atomic mass is 10.1. The van der Waals surface area contributed by atoms with Crippen molar-refractivity contribution in [1.29, 1.82) is 0 Å². The number of hydrogen-bond donors (Lipinski definition) is 1. The maximum atomic E-state index is 6.02. The van der Waals surface area contributed by atoms with Gasteiger partial charge in [-0.3, -0.25) is 0 Å². The SMILES string of the molecule is CNCc1cc(Br)cc(C)c1OCc1nc(C)c(C)s1. The molecule has 1 aromatic heterocycles. The molecule has 20 heavy (non-hydrogen) atoms. The summed E-state index contributed by atoms with van der Waals surface area (Å²) in [6, 6.07) is 4.17. The second-order valence-corrected chi connectivity index (χ2v) is 6.98. The van der Waals surface area contributed by atoms with Gasteiger partial charge in [-0.05, 0) is 45.5 Å². The Kier molecular flexibility index (Phi) is 5.18. The van der Waals surface area contributed by atoms with E-state index in [9.17, 15) is 0 Å². The average molecular weight is 355 g/mol. The first kappa shape index (κ1) is 15.5. The fraction of sp³-hybridized carbons (Fsp3) is 0.400. The Labute approximate surface area is 132 Å². The zero-order valence-electron chi connectivity index (χ0n) is 12.2. The topological polar surface area (TPSA) is 34.1 Å². The van der Waals surface area contributed by atoms with Crippen LogP contribution in [0.2, 0.25) is 0 Å². The van der Waals surface area contributed by atoms with Gasteiger partial charge in [0.1, 0.15) is 17.4 Å². The summed E-state index contributed by atoms with van der Waals surface area (Å²) in [5.41, 5.74) is 3.38. The Morgan fingerprint density at radius 3 is 2.65 bits per heavy atom. The van der Waals surface area contributed by atoms with Crippen molar-refractivity contribution in [2.24, 2.45) is 0 Å². The first-order valence-electron chi connectivity index (χ1n) is 6.50. The van der Waals surface area contributed by atoms with Crippen LogP contribution in [0.15, 0.2) is 16.6 Å². The average Bonchev–Trinajstić information content (AvgIpc) is 2.68. The molecule has 2 aromatic rings. The highest BCUT2D eigenvalue weighted by atomic mass is 79.9. The van der Waals surface area contributed by atoms with Gasteiger partial charge in [-0.2, -0.15) is 0 Å². The molecule has 0 atom stereocenters. The molecule has 0 aliphatic heterocycles. The number of halogens is 1. The van der Waals surface area contributed by atoms with Gasteiger partial charge >= 0.3 is 0 Å². The molecule has 0 spiro atoms. The monoisotopic (exact) mass is 354 g/mol. The molecule has 1 N–H and O–H groups in total. The molecular weight excluding hydrogens is 336 g/mol. The van der Waals surface area contributed by atoms with Crippen LogP contribution < -0.4 is 10.1 Å². The van der Waals surface area contributed by atoms with Gasteiger partial charge in [0.25, 0.3) is 0 Å². The first-order chi connectivity index (χ1) is 9.51. The van der Waals surface area contributed by atoms with Gasteiger partial charge in [0.15, 0.2) is 0 Å². The maximum Gasteiger partial charge on any atom is 0.140 e. The van der Waals surface area contributed by atoms with E-state index in [-0.39, 0.29) is 0 Å². The Balaban J connectivity index is 2.19. The van der Waals surface area contributed by atoms with Crippen LogP contribution in [-0.4, -0.2) is 12.0 Å². The highest BCUT2D eigenvalue weighted by Crippen LogP contribution is 2.29. The second kappa shape index (κ2) is 6.70. The van der Waals surface area contributed by atoms with E-state index >= 15 is 0 Å². The number of nitrogens with one attached hydrogen (secondary N) is 1. The largest absolute Gasteiger partial charge is 0.486 e. The summed E-state index contributed by atoms with van der Waals surface area (Å²) in [5.74, 6) is 0.952. The smallest absolute Gasteiger partial charge is 0.140 e. The van der Waals surface area contributed by atoms with Crippen LogP contribution in [0.5, 0.6) is 5.75 Å². The molecule has 0 aliphatic rings. The standard InChI is InChI=1S/C15H19BrN2OS/c1-9-5-13(16)6-12(7-17-4)15(9)19-8-14-18-10(2)11(3)20-14/h5-6,17H,7-8H2,1-4H3. The lowest BCUT2D eigenvalue weighted by Gasteiger charge is -2.14. The minimum atomic E-state index is 0.526. The third kappa shape index (κ3) is 3.59. The Hall–Kier alpha value is -0.910. The van der Waals surface area contributed by atoms with Crippen LogP contribution in [0, 0.1) is 20.8 Å². The fourth-order valence-electron chi connectivity index (χ4n) is 2.06. The molecule has 2 rings (SSSR count). The molecule has 0 fully saturated rings. The normalized spacial score (nSPS) is 10.8. The number of aromatic nitrogens is 1. The summed E-state index contributed by atoms with van der Waals surface area (Å²) in [4.78, 5) is 5.77. The van der Waals surface area contributed by atoms with Crippen molar-refractivity contribution in [3.8, 4) is 5.75 Å². The Morgan fingerprint density at radius 2 is 2.05 bits per heavy atom. The van der Waals surface area contributed by atoms with Crippen LogP contribution in [0.4, 0.5) is 0 Å². The number of thiazole rings is 1.